The zero-order valence-electron chi connectivity index (χ0n) is 18.1. The first-order valence-corrected chi connectivity index (χ1v) is 11.1. The predicted octanol–water partition coefficient (Wildman–Crippen LogP) is 3.65. The molecule has 0 bridgehead atoms. The topological polar surface area (TPSA) is 87.1 Å². The van der Waals surface area contributed by atoms with Crippen molar-refractivity contribution in [1.29, 1.82) is 0 Å². The highest BCUT2D eigenvalue weighted by molar-refractivity contribution is 6.53. The first-order chi connectivity index (χ1) is 15.4. The van der Waals surface area contributed by atoms with Crippen molar-refractivity contribution in [3.63, 3.8) is 0 Å². The van der Waals surface area contributed by atoms with Crippen LogP contribution in [0.1, 0.15) is 38.4 Å². The lowest BCUT2D eigenvalue weighted by Crippen LogP contribution is -2.45. The molecule has 2 fully saturated rings. The molecule has 3 aliphatic rings. The number of carbonyl (C=O) groups is 2. The molecule has 2 N–H and O–H groups in total. The van der Waals surface area contributed by atoms with Gasteiger partial charge in [-0.25, -0.2) is 0 Å². The Labute approximate surface area is 187 Å². The van der Waals surface area contributed by atoms with Gasteiger partial charge in [-0.1, -0.05) is 49.8 Å². The second kappa shape index (κ2) is 7.91. The highest BCUT2D eigenvalue weighted by atomic mass is 16.5. The minimum atomic E-state index is -1.13. The molecule has 5 rings (SSSR count). The van der Waals surface area contributed by atoms with E-state index in [0.29, 0.717) is 18.5 Å². The average Bonchev–Trinajstić information content (AvgIpc) is 3.04. The lowest BCUT2D eigenvalue weighted by molar-refractivity contribution is -0.123. The summed E-state index contributed by atoms with van der Waals surface area (Å²) in [5, 5.41) is 20.7. The normalized spacial score (nSPS) is 27.8. The van der Waals surface area contributed by atoms with Gasteiger partial charge in [-0.15, -0.1) is 0 Å². The van der Waals surface area contributed by atoms with E-state index in [1.54, 1.807) is 36.4 Å². The Bertz CT molecular complexity index is 1080. The third-order valence-electron chi connectivity index (χ3n) is 7.12. The minimum Gasteiger partial charge on any atom is -0.508 e. The van der Waals surface area contributed by atoms with Gasteiger partial charge in [0.1, 0.15) is 5.75 Å². The maximum atomic E-state index is 13.6. The number of phenolic OH excluding ortho intramolecular Hbond substituents is 1. The number of rotatable bonds is 3. The SMILES string of the molecule is CC(C)C1=C2B(O)O[C@H](c3ccc(O)cc3)C[C@H]2[C@H]2C(=O)N(c3ccccc3)C(=O)[C@H]2C1. The van der Waals surface area contributed by atoms with Gasteiger partial charge in [-0.3, -0.25) is 14.5 Å². The largest absolute Gasteiger partial charge is 0.508 e. The zero-order chi connectivity index (χ0) is 22.6. The van der Waals surface area contributed by atoms with Crippen LogP contribution in [0.3, 0.4) is 0 Å². The quantitative estimate of drug-likeness (QED) is 0.572. The molecule has 6 nitrogen and oxygen atoms in total. The molecule has 2 amide bonds. The smallest absolute Gasteiger partial charge is 0.487 e. The van der Waals surface area contributed by atoms with E-state index in [9.17, 15) is 19.7 Å². The monoisotopic (exact) mass is 431 g/mol. The number of imide groups is 1. The number of anilines is 1. The second-order valence-electron chi connectivity index (χ2n) is 9.23. The van der Waals surface area contributed by atoms with Gasteiger partial charge in [0.15, 0.2) is 0 Å². The number of fused-ring (bicyclic) bond motifs is 3. The van der Waals surface area contributed by atoms with Gasteiger partial charge in [0.25, 0.3) is 0 Å². The second-order valence-corrected chi connectivity index (χ2v) is 9.23. The number of aromatic hydroxyl groups is 1. The van der Waals surface area contributed by atoms with Gasteiger partial charge in [-0.05, 0) is 60.0 Å². The number of para-hydroxylation sites is 1. The fourth-order valence-electron chi connectivity index (χ4n) is 5.64. The number of amides is 2. The molecule has 0 spiro atoms. The van der Waals surface area contributed by atoms with E-state index in [4.69, 9.17) is 4.65 Å². The fourth-order valence-corrected chi connectivity index (χ4v) is 5.64. The molecule has 1 aliphatic carbocycles. The lowest BCUT2D eigenvalue weighted by Gasteiger charge is -2.43. The molecule has 2 saturated heterocycles. The van der Waals surface area contributed by atoms with Crippen molar-refractivity contribution < 1.29 is 24.4 Å². The Morgan fingerprint density at radius 1 is 1.00 bits per heavy atom. The van der Waals surface area contributed by atoms with Crippen LogP contribution < -0.4 is 4.90 Å². The molecule has 2 aliphatic heterocycles. The Balaban J connectivity index is 1.56. The van der Waals surface area contributed by atoms with E-state index in [1.807, 2.05) is 18.2 Å². The molecule has 0 radical (unpaired) electrons. The van der Waals surface area contributed by atoms with Crippen LogP contribution >= 0.6 is 0 Å². The summed E-state index contributed by atoms with van der Waals surface area (Å²) in [5.41, 5.74) is 3.20. The van der Waals surface area contributed by atoms with Crippen LogP contribution in [0.2, 0.25) is 0 Å². The highest BCUT2D eigenvalue weighted by Crippen LogP contribution is 2.53. The Morgan fingerprint density at radius 2 is 1.69 bits per heavy atom. The summed E-state index contributed by atoms with van der Waals surface area (Å²) in [7, 11) is -1.13. The van der Waals surface area contributed by atoms with Gasteiger partial charge in [0.05, 0.1) is 23.6 Å². The summed E-state index contributed by atoms with van der Waals surface area (Å²) >= 11 is 0. The molecule has 2 aromatic rings. The number of allylic oxidation sites excluding steroid dienone is 2. The number of carbonyl (C=O) groups excluding carboxylic acids is 2. The van der Waals surface area contributed by atoms with Crippen LogP contribution in [0, 0.1) is 23.7 Å². The Morgan fingerprint density at radius 3 is 2.34 bits per heavy atom. The van der Waals surface area contributed by atoms with Gasteiger partial charge >= 0.3 is 7.12 Å². The number of nitrogens with zero attached hydrogens (tertiary/aromatic N) is 1. The van der Waals surface area contributed by atoms with E-state index < -0.39 is 25.1 Å². The lowest BCUT2D eigenvalue weighted by atomic mass is 9.54. The molecule has 32 heavy (non-hydrogen) atoms. The van der Waals surface area contributed by atoms with Crippen molar-refractivity contribution in [2.24, 2.45) is 23.7 Å². The summed E-state index contributed by atoms with van der Waals surface area (Å²) in [6.45, 7) is 4.10. The van der Waals surface area contributed by atoms with Crippen LogP contribution in [-0.4, -0.2) is 29.1 Å². The summed E-state index contributed by atoms with van der Waals surface area (Å²) in [6.07, 6.45) is 0.531. The molecule has 4 atom stereocenters. The van der Waals surface area contributed by atoms with Crippen LogP contribution in [0.5, 0.6) is 5.75 Å². The van der Waals surface area contributed by atoms with Crippen molar-refractivity contribution in [3.8, 4) is 5.75 Å². The van der Waals surface area contributed by atoms with E-state index in [-0.39, 0.29) is 29.4 Å². The fraction of sp³-hybridized carbons (Fsp3) is 0.360. The summed E-state index contributed by atoms with van der Waals surface area (Å²) in [4.78, 5) is 28.4. The maximum Gasteiger partial charge on any atom is 0.487 e. The first kappa shape index (κ1) is 21.0. The van der Waals surface area contributed by atoms with Gasteiger partial charge < -0.3 is 14.8 Å². The summed E-state index contributed by atoms with van der Waals surface area (Å²) < 4.78 is 5.99. The highest BCUT2D eigenvalue weighted by Gasteiger charge is 2.58. The molecule has 2 aromatic carbocycles. The average molecular weight is 431 g/mol. The standard InChI is InChI=1S/C25H26BNO5/c1-14(2)18-12-20-22(25(30)27(24(20)29)16-6-4-3-5-7-16)19-13-21(32-26(31)23(18)19)15-8-10-17(28)11-9-15/h3-11,14,19-22,28,31H,12-13H2,1-2H3/t19-,20-,21-,22+/m0/s1. The number of benzene rings is 2. The Hall–Kier alpha value is -2.90. The third-order valence-corrected chi connectivity index (χ3v) is 7.12. The first-order valence-electron chi connectivity index (χ1n) is 11.1. The van der Waals surface area contributed by atoms with E-state index >= 15 is 0 Å². The van der Waals surface area contributed by atoms with E-state index in [1.165, 1.54) is 4.90 Å². The van der Waals surface area contributed by atoms with Gasteiger partial charge in [-0.2, -0.15) is 0 Å². The van der Waals surface area contributed by atoms with Crippen LogP contribution in [0.15, 0.2) is 65.6 Å². The van der Waals surface area contributed by atoms with Crippen molar-refractivity contribution in [3.05, 3.63) is 71.2 Å². The van der Waals surface area contributed by atoms with Crippen molar-refractivity contribution in [2.75, 3.05) is 4.90 Å². The molecular formula is C25H26BNO5. The molecule has 164 valence electrons. The van der Waals surface area contributed by atoms with Crippen molar-refractivity contribution >= 4 is 24.6 Å². The zero-order valence-corrected chi connectivity index (χ0v) is 18.1. The number of hydrogen-bond donors (Lipinski definition) is 2. The summed E-state index contributed by atoms with van der Waals surface area (Å²) in [6, 6.07) is 15.8. The Kier molecular flexibility index (Phi) is 5.18. The van der Waals surface area contributed by atoms with Crippen LogP contribution in [0.25, 0.3) is 0 Å². The predicted molar refractivity (Wildman–Crippen MR) is 120 cm³/mol. The molecule has 2 heterocycles. The molecule has 0 unspecified atom stereocenters. The third kappa shape index (κ3) is 3.27. The summed E-state index contributed by atoms with van der Waals surface area (Å²) in [5.74, 6) is -1.30. The van der Waals surface area contributed by atoms with Crippen LogP contribution in [0.4, 0.5) is 5.69 Å². The molecule has 7 heteroatoms. The number of phenols is 1. The van der Waals surface area contributed by atoms with Crippen molar-refractivity contribution in [2.45, 2.75) is 32.8 Å². The van der Waals surface area contributed by atoms with Crippen LogP contribution in [-0.2, 0) is 14.2 Å². The van der Waals surface area contributed by atoms with Gasteiger partial charge in [0.2, 0.25) is 11.8 Å². The van der Waals surface area contributed by atoms with E-state index in [0.717, 1.165) is 16.6 Å². The minimum absolute atomic E-state index is 0.130. The number of hydrogen-bond acceptors (Lipinski definition) is 5. The maximum absolute atomic E-state index is 13.6. The molecule has 0 saturated carbocycles. The molecule has 0 aromatic heterocycles. The molecular weight excluding hydrogens is 405 g/mol. The van der Waals surface area contributed by atoms with E-state index in [2.05, 4.69) is 13.8 Å². The van der Waals surface area contributed by atoms with Gasteiger partial charge in [0, 0.05) is 0 Å². The van der Waals surface area contributed by atoms with Crippen molar-refractivity contribution in [1.82, 2.24) is 0 Å².